The Balaban J connectivity index is 1.83. The molecule has 0 radical (unpaired) electrons. The zero-order valence-electron chi connectivity index (χ0n) is 15.0. The molecule has 0 aliphatic heterocycles. The number of amides is 1. The molecule has 0 aliphatic rings. The molecule has 0 unspecified atom stereocenters. The number of carbonyl (C=O) groups excluding carboxylic acids is 1. The fourth-order valence-corrected chi connectivity index (χ4v) is 2.40. The topological polar surface area (TPSA) is 47.6 Å². The SMILES string of the molecule is Cc1cc(O[C@H](C)C(=O)N[C@H](C)COc2ccccc2C)ccc1Cl. The molecule has 2 atom stereocenters. The molecule has 0 fully saturated rings. The van der Waals surface area contributed by atoms with E-state index in [4.69, 9.17) is 21.1 Å². The number of hydrogen-bond acceptors (Lipinski definition) is 3. The number of halogens is 1. The summed E-state index contributed by atoms with van der Waals surface area (Å²) >= 11 is 6.00. The van der Waals surface area contributed by atoms with Crippen LogP contribution in [0.1, 0.15) is 25.0 Å². The van der Waals surface area contributed by atoms with E-state index < -0.39 is 6.10 Å². The van der Waals surface area contributed by atoms with Crippen LogP contribution in [0.4, 0.5) is 0 Å². The number of hydrogen-bond donors (Lipinski definition) is 1. The zero-order valence-corrected chi connectivity index (χ0v) is 15.8. The molecule has 2 rings (SSSR count). The Morgan fingerprint density at radius 2 is 1.84 bits per heavy atom. The Hall–Kier alpha value is -2.20. The van der Waals surface area contributed by atoms with Gasteiger partial charge >= 0.3 is 0 Å². The van der Waals surface area contributed by atoms with Crippen LogP contribution in [0.25, 0.3) is 0 Å². The summed E-state index contributed by atoms with van der Waals surface area (Å²) in [5.41, 5.74) is 1.97. The van der Waals surface area contributed by atoms with Crippen molar-refractivity contribution in [1.29, 1.82) is 0 Å². The van der Waals surface area contributed by atoms with E-state index in [0.29, 0.717) is 17.4 Å². The second-order valence-electron chi connectivity index (χ2n) is 6.16. The van der Waals surface area contributed by atoms with Crippen LogP contribution in [0.15, 0.2) is 42.5 Å². The van der Waals surface area contributed by atoms with Crippen LogP contribution in [-0.4, -0.2) is 24.7 Å². The molecule has 2 aromatic rings. The van der Waals surface area contributed by atoms with E-state index >= 15 is 0 Å². The quantitative estimate of drug-likeness (QED) is 0.799. The molecule has 25 heavy (non-hydrogen) atoms. The van der Waals surface area contributed by atoms with E-state index in [1.807, 2.05) is 51.1 Å². The largest absolute Gasteiger partial charge is 0.491 e. The van der Waals surface area contributed by atoms with Crippen LogP contribution in [-0.2, 0) is 4.79 Å². The van der Waals surface area contributed by atoms with Crippen molar-refractivity contribution in [2.75, 3.05) is 6.61 Å². The molecule has 0 saturated carbocycles. The monoisotopic (exact) mass is 361 g/mol. The lowest BCUT2D eigenvalue weighted by molar-refractivity contribution is -0.128. The van der Waals surface area contributed by atoms with Crippen LogP contribution in [0.2, 0.25) is 5.02 Å². The molecule has 5 heteroatoms. The van der Waals surface area contributed by atoms with Crippen LogP contribution in [0.3, 0.4) is 0 Å². The summed E-state index contributed by atoms with van der Waals surface area (Å²) in [6, 6.07) is 13.0. The van der Waals surface area contributed by atoms with Gasteiger partial charge in [0.15, 0.2) is 6.10 Å². The number of carbonyl (C=O) groups is 1. The minimum Gasteiger partial charge on any atom is -0.491 e. The van der Waals surface area contributed by atoms with Gasteiger partial charge in [-0.25, -0.2) is 0 Å². The number of aryl methyl sites for hydroxylation is 2. The van der Waals surface area contributed by atoms with Gasteiger partial charge in [0.2, 0.25) is 0 Å². The van der Waals surface area contributed by atoms with Gasteiger partial charge < -0.3 is 14.8 Å². The molecule has 1 N–H and O–H groups in total. The Bertz CT molecular complexity index is 733. The summed E-state index contributed by atoms with van der Waals surface area (Å²) in [5, 5.41) is 3.57. The minimum atomic E-state index is -0.610. The lowest BCUT2D eigenvalue weighted by Gasteiger charge is -2.20. The maximum Gasteiger partial charge on any atom is 0.261 e. The van der Waals surface area contributed by atoms with Gasteiger partial charge in [-0.2, -0.15) is 0 Å². The zero-order chi connectivity index (χ0) is 18.4. The summed E-state index contributed by atoms with van der Waals surface area (Å²) in [6.07, 6.45) is -0.610. The first-order valence-electron chi connectivity index (χ1n) is 8.28. The van der Waals surface area contributed by atoms with Crippen LogP contribution < -0.4 is 14.8 Å². The van der Waals surface area contributed by atoms with E-state index in [1.54, 1.807) is 19.1 Å². The highest BCUT2D eigenvalue weighted by atomic mass is 35.5. The van der Waals surface area contributed by atoms with E-state index in [9.17, 15) is 4.79 Å². The predicted octanol–water partition coefficient (Wildman–Crippen LogP) is 4.31. The average molecular weight is 362 g/mol. The molecule has 0 aliphatic carbocycles. The van der Waals surface area contributed by atoms with Crippen molar-refractivity contribution in [3.8, 4) is 11.5 Å². The normalized spacial score (nSPS) is 13.0. The van der Waals surface area contributed by atoms with Crippen molar-refractivity contribution in [3.05, 3.63) is 58.6 Å². The van der Waals surface area contributed by atoms with E-state index in [0.717, 1.165) is 16.9 Å². The summed E-state index contributed by atoms with van der Waals surface area (Å²) in [6.45, 7) is 7.89. The van der Waals surface area contributed by atoms with Crippen molar-refractivity contribution in [3.63, 3.8) is 0 Å². The Morgan fingerprint density at radius 3 is 2.52 bits per heavy atom. The van der Waals surface area contributed by atoms with Crippen molar-refractivity contribution < 1.29 is 14.3 Å². The number of ether oxygens (including phenoxy) is 2. The maximum atomic E-state index is 12.3. The molecule has 0 bridgehead atoms. The molecule has 134 valence electrons. The molecular formula is C20H24ClNO3. The molecule has 2 aromatic carbocycles. The third-order valence-corrected chi connectivity index (χ3v) is 4.21. The summed E-state index contributed by atoms with van der Waals surface area (Å²) in [5.74, 6) is 1.26. The van der Waals surface area contributed by atoms with Crippen molar-refractivity contribution >= 4 is 17.5 Å². The lowest BCUT2D eigenvalue weighted by atomic mass is 10.2. The van der Waals surface area contributed by atoms with Gasteiger partial charge in [0.25, 0.3) is 5.91 Å². The van der Waals surface area contributed by atoms with Crippen LogP contribution >= 0.6 is 11.6 Å². The summed E-state index contributed by atoms with van der Waals surface area (Å²) < 4.78 is 11.4. The highest BCUT2D eigenvalue weighted by Crippen LogP contribution is 2.22. The first kappa shape index (κ1) is 19.1. The second-order valence-corrected chi connectivity index (χ2v) is 6.56. The first-order chi connectivity index (χ1) is 11.9. The predicted molar refractivity (Wildman–Crippen MR) is 101 cm³/mol. The molecule has 1 amide bonds. The number of rotatable bonds is 7. The fraction of sp³-hybridized carbons (Fsp3) is 0.350. The maximum absolute atomic E-state index is 12.3. The molecular weight excluding hydrogens is 338 g/mol. The fourth-order valence-electron chi connectivity index (χ4n) is 2.28. The molecule has 0 aromatic heterocycles. The van der Waals surface area contributed by atoms with Gasteiger partial charge in [0.05, 0.1) is 6.04 Å². The minimum absolute atomic E-state index is 0.134. The highest BCUT2D eigenvalue weighted by Gasteiger charge is 2.17. The van der Waals surface area contributed by atoms with Crippen LogP contribution in [0, 0.1) is 13.8 Å². The highest BCUT2D eigenvalue weighted by molar-refractivity contribution is 6.31. The Kier molecular flexibility index (Phi) is 6.71. The molecule has 0 saturated heterocycles. The van der Waals surface area contributed by atoms with Crippen LogP contribution in [0.5, 0.6) is 11.5 Å². The lowest BCUT2D eigenvalue weighted by Crippen LogP contribution is -2.43. The molecule has 0 heterocycles. The standard InChI is InChI=1S/C20H24ClNO3/c1-13-7-5-6-8-19(13)24-12-15(3)22-20(23)16(4)25-17-9-10-18(21)14(2)11-17/h5-11,15-16H,12H2,1-4H3,(H,22,23)/t15-,16-/m1/s1. The van der Waals surface area contributed by atoms with E-state index in [-0.39, 0.29) is 11.9 Å². The third-order valence-electron chi connectivity index (χ3n) is 3.78. The summed E-state index contributed by atoms with van der Waals surface area (Å²) in [7, 11) is 0. The van der Waals surface area contributed by atoms with Gasteiger partial charge in [0.1, 0.15) is 18.1 Å². The first-order valence-corrected chi connectivity index (χ1v) is 8.66. The average Bonchev–Trinajstić information content (AvgIpc) is 2.57. The van der Waals surface area contributed by atoms with Gasteiger partial charge in [0, 0.05) is 5.02 Å². The van der Waals surface area contributed by atoms with E-state index in [1.165, 1.54) is 0 Å². The molecule has 0 spiro atoms. The van der Waals surface area contributed by atoms with Gasteiger partial charge in [-0.1, -0.05) is 29.8 Å². The Morgan fingerprint density at radius 1 is 1.12 bits per heavy atom. The third kappa shape index (κ3) is 5.68. The van der Waals surface area contributed by atoms with Gasteiger partial charge in [-0.15, -0.1) is 0 Å². The number of para-hydroxylation sites is 1. The van der Waals surface area contributed by atoms with Crippen molar-refractivity contribution in [1.82, 2.24) is 5.32 Å². The van der Waals surface area contributed by atoms with E-state index in [2.05, 4.69) is 5.32 Å². The van der Waals surface area contributed by atoms with Gasteiger partial charge in [-0.05, 0) is 63.1 Å². The number of nitrogens with one attached hydrogen (secondary N) is 1. The molecule has 4 nitrogen and oxygen atoms in total. The number of benzene rings is 2. The Labute approximate surface area is 154 Å². The second kappa shape index (κ2) is 8.77. The van der Waals surface area contributed by atoms with Crippen molar-refractivity contribution in [2.45, 2.75) is 39.8 Å². The van der Waals surface area contributed by atoms with Crippen molar-refractivity contribution in [2.24, 2.45) is 0 Å². The summed E-state index contributed by atoms with van der Waals surface area (Å²) in [4.78, 5) is 12.3. The smallest absolute Gasteiger partial charge is 0.261 e. The van der Waals surface area contributed by atoms with Gasteiger partial charge in [-0.3, -0.25) is 4.79 Å².